The predicted octanol–water partition coefficient (Wildman–Crippen LogP) is 4.50. The molecule has 0 radical (unpaired) electrons. The SMILES string of the molecule is C.CC(C)(C)N1CCc2ccc(C(F)(F)F)cc21. The van der Waals surface area contributed by atoms with Crippen molar-refractivity contribution in [1.82, 2.24) is 0 Å². The van der Waals surface area contributed by atoms with Crippen molar-refractivity contribution in [3.63, 3.8) is 0 Å². The third kappa shape index (κ3) is 2.62. The molecule has 0 unspecified atom stereocenters. The highest BCUT2D eigenvalue weighted by molar-refractivity contribution is 5.61. The lowest BCUT2D eigenvalue weighted by molar-refractivity contribution is -0.137. The zero-order valence-electron chi connectivity index (χ0n) is 10.2. The fourth-order valence-electron chi connectivity index (χ4n) is 2.25. The molecule has 0 aliphatic carbocycles. The molecule has 4 heteroatoms. The molecule has 1 aliphatic heterocycles. The van der Waals surface area contributed by atoms with Gasteiger partial charge in [-0.2, -0.15) is 13.2 Å². The van der Waals surface area contributed by atoms with Gasteiger partial charge in [0.25, 0.3) is 0 Å². The van der Waals surface area contributed by atoms with E-state index in [4.69, 9.17) is 0 Å². The van der Waals surface area contributed by atoms with Crippen molar-refractivity contribution < 1.29 is 13.2 Å². The lowest BCUT2D eigenvalue weighted by atomic mass is 10.0. The molecule has 1 aromatic carbocycles. The van der Waals surface area contributed by atoms with Crippen molar-refractivity contribution in [2.75, 3.05) is 11.4 Å². The third-order valence-electron chi connectivity index (χ3n) is 3.12. The maximum absolute atomic E-state index is 12.7. The van der Waals surface area contributed by atoms with Crippen LogP contribution in [0.1, 0.15) is 39.3 Å². The van der Waals surface area contributed by atoms with E-state index < -0.39 is 11.7 Å². The minimum atomic E-state index is -4.26. The van der Waals surface area contributed by atoms with Crippen LogP contribution in [0.15, 0.2) is 18.2 Å². The molecule has 1 aromatic rings. The second kappa shape index (κ2) is 4.48. The Morgan fingerprint density at radius 1 is 1.11 bits per heavy atom. The van der Waals surface area contributed by atoms with Crippen LogP contribution in [0.5, 0.6) is 0 Å². The van der Waals surface area contributed by atoms with E-state index in [0.717, 1.165) is 24.2 Å². The Morgan fingerprint density at radius 2 is 1.72 bits per heavy atom. The average molecular weight is 259 g/mol. The molecule has 2 rings (SSSR count). The second-order valence-electron chi connectivity index (χ2n) is 5.41. The topological polar surface area (TPSA) is 3.24 Å². The van der Waals surface area contributed by atoms with Crippen molar-refractivity contribution in [2.45, 2.75) is 46.3 Å². The van der Waals surface area contributed by atoms with Crippen LogP contribution in [0, 0.1) is 0 Å². The predicted molar refractivity (Wildman–Crippen MR) is 69.0 cm³/mol. The summed E-state index contributed by atoms with van der Waals surface area (Å²) in [6, 6.07) is 4.04. The number of benzene rings is 1. The van der Waals surface area contributed by atoms with E-state index in [1.165, 1.54) is 12.1 Å². The van der Waals surface area contributed by atoms with Gasteiger partial charge in [0.2, 0.25) is 0 Å². The van der Waals surface area contributed by atoms with Crippen molar-refractivity contribution in [1.29, 1.82) is 0 Å². The Balaban J connectivity index is 0.00000162. The van der Waals surface area contributed by atoms with Crippen molar-refractivity contribution >= 4 is 5.69 Å². The van der Waals surface area contributed by atoms with Crippen LogP contribution in [-0.2, 0) is 12.6 Å². The molecule has 0 saturated heterocycles. The molecule has 0 aromatic heterocycles. The number of rotatable bonds is 0. The van der Waals surface area contributed by atoms with E-state index in [9.17, 15) is 13.2 Å². The summed E-state index contributed by atoms with van der Waals surface area (Å²) in [6.07, 6.45) is -3.44. The van der Waals surface area contributed by atoms with Crippen molar-refractivity contribution in [3.05, 3.63) is 29.3 Å². The Labute approximate surface area is 107 Å². The van der Waals surface area contributed by atoms with E-state index in [2.05, 4.69) is 0 Å². The summed E-state index contributed by atoms with van der Waals surface area (Å²) in [5.41, 5.74) is 1.03. The van der Waals surface area contributed by atoms with Gasteiger partial charge in [0, 0.05) is 17.8 Å². The smallest absolute Gasteiger partial charge is 0.366 e. The number of anilines is 1. The van der Waals surface area contributed by atoms with Crippen LogP contribution in [0.4, 0.5) is 18.9 Å². The molecular formula is C14H20F3N. The van der Waals surface area contributed by atoms with Gasteiger partial charge in [-0.05, 0) is 44.9 Å². The maximum Gasteiger partial charge on any atom is 0.416 e. The molecule has 0 bridgehead atoms. The van der Waals surface area contributed by atoms with Gasteiger partial charge in [-0.15, -0.1) is 0 Å². The Hall–Kier alpha value is -1.19. The Kier molecular flexibility index (Phi) is 3.70. The van der Waals surface area contributed by atoms with Crippen LogP contribution in [0.25, 0.3) is 0 Å². The quantitative estimate of drug-likeness (QED) is 0.663. The first kappa shape index (κ1) is 14.9. The summed E-state index contributed by atoms with van der Waals surface area (Å²) < 4.78 is 38.0. The molecule has 0 spiro atoms. The van der Waals surface area contributed by atoms with Crippen LogP contribution in [-0.4, -0.2) is 12.1 Å². The number of fused-ring (bicyclic) bond motifs is 1. The molecule has 0 amide bonds. The largest absolute Gasteiger partial charge is 0.416 e. The highest BCUT2D eigenvalue weighted by Gasteiger charge is 2.34. The second-order valence-corrected chi connectivity index (χ2v) is 5.41. The van der Waals surface area contributed by atoms with Crippen LogP contribution in [0.3, 0.4) is 0 Å². The molecule has 0 N–H and O–H groups in total. The summed E-state index contributed by atoms with van der Waals surface area (Å²) in [6.45, 7) is 6.84. The standard InChI is InChI=1S/C13H16F3N.CH4/c1-12(2,3)17-7-6-9-4-5-10(8-11(9)17)13(14,15)16;/h4-5,8H,6-7H2,1-3H3;1H4. The van der Waals surface area contributed by atoms with E-state index in [1.807, 2.05) is 25.7 Å². The van der Waals surface area contributed by atoms with Crippen LogP contribution >= 0.6 is 0 Å². The fourth-order valence-corrected chi connectivity index (χ4v) is 2.25. The molecule has 18 heavy (non-hydrogen) atoms. The normalized spacial score (nSPS) is 15.3. The van der Waals surface area contributed by atoms with Gasteiger partial charge in [-0.1, -0.05) is 13.5 Å². The number of nitrogens with zero attached hydrogens (tertiary/aromatic N) is 1. The Bertz CT molecular complexity index is 430. The lowest BCUT2D eigenvalue weighted by Crippen LogP contribution is -2.40. The van der Waals surface area contributed by atoms with Gasteiger partial charge in [0.15, 0.2) is 0 Å². The lowest BCUT2D eigenvalue weighted by Gasteiger charge is -2.34. The first-order chi connectivity index (χ1) is 7.69. The van der Waals surface area contributed by atoms with Crippen molar-refractivity contribution in [2.24, 2.45) is 0 Å². The first-order valence-electron chi connectivity index (χ1n) is 5.67. The summed E-state index contributed by atoms with van der Waals surface area (Å²) >= 11 is 0. The first-order valence-corrected chi connectivity index (χ1v) is 5.67. The maximum atomic E-state index is 12.7. The van der Waals surface area contributed by atoms with Crippen molar-refractivity contribution in [3.8, 4) is 0 Å². The van der Waals surface area contributed by atoms with E-state index in [-0.39, 0.29) is 13.0 Å². The fraction of sp³-hybridized carbons (Fsp3) is 0.571. The summed E-state index contributed by atoms with van der Waals surface area (Å²) in [7, 11) is 0. The minimum absolute atomic E-state index is 0. The minimum Gasteiger partial charge on any atom is -0.366 e. The molecule has 1 heterocycles. The highest BCUT2D eigenvalue weighted by atomic mass is 19.4. The highest BCUT2D eigenvalue weighted by Crippen LogP contribution is 2.38. The summed E-state index contributed by atoms with van der Waals surface area (Å²) in [4.78, 5) is 2.04. The molecule has 0 saturated carbocycles. The van der Waals surface area contributed by atoms with Crippen LogP contribution in [0.2, 0.25) is 0 Å². The molecule has 0 fully saturated rings. The van der Waals surface area contributed by atoms with E-state index in [1.54, 1.807) is 6.07 Å². The Morgan fingerprint density at radius 3 is 2.22 bits per heavy atom. The van der Waals surface area contributed by atoms with Gasteiger partial charge < -0.3 is 4.90 Å². The number of hydrogen-bond acceptors (Lipinski definition) is 1. The molecular weight excluding hydrogens is 239 g/mol. The monoisotopic (exact) mass is 259 g/mol. The van der Waals surface area contributed by atoms with Gasteiger partial charge in [0.05, 0.1) is 5.56 Å². The van der Waals surface area contributed by atoms with Gasteiger partial charge in [-0.25, -0.2) is 0 Å². The van der Waals surface area contributed by atoms with E-state index in [0.29, 0.717) is 0 Å². The molecule has 1 aliphatic rings. The van der Waals surface area contributed by atoms with Gasteiger partial charge >= 0.3 is 6.18 Å². The number of halogens is 3. The zero-order valence-corrected chi connectivity index (χ0v) is 10.2. The average Bonchev–Trinajstić information content (AvgIpc) is 2.57. The summed E-state index contributed by atoms with van der Waals surface area (Å²) in [5, 5.41) is 0. The molecule has 1 nitrogen and oxygen atoms in total. The molecule has 0 atom stereocenters. The van der Waals surface area contributed by atoms with Gasteiger partial charge in [0.1, 0.15) is 0 Å². The molecule has 102 valence electrons. The zero-order chi connectivity index (χ0) is 12.8. The third-order valence-corrected chi connectivity index (χ3v) is 3.12. The number of alkyl halides is 3. The van der Waals surface area contributed by atoms with E-state index >= 15 is 0 Å². The summed E-state index contributed by atoms with van der Waals surface area (Å²) in [5.74, 6) is 0. The van der Waals surface area contributed by atoms with Crippen LogP contribution < -0.4 is 4.90 Å². The number of hydrogen-bond donors (Lipinski definition) is 0. The van der Waals surface area contributed by atoms with Gasteiger partial charge in [-0.3, -0.25) is 0 Å².